The van der Waals surface area contributed by atoms with E-state index in [9.17, 15) is 9.59 Å². The molecular weight excluding hydrogens is 266 g/mol. The molecule has 1 saturated heterocycles. The Labute approximate surface area is 117 Å². The van der Waals surface area contributed by atoms with Crippen molar-refractivity contribution in [1.82, 2.24) is 4.90 Å². The molecule has 1 aromatic carbocycles. The number of carbonyl (C=O) groups is 2. The molecule has 0 aliphatic carbocycles. The Morgan fingerprint density at radius 2 is 2.11 bits per heavy atom. The number of aliphatic carboxylic acids is 1. The van der Waals surface area contributed by atoms with Crippen LogP contribution in [0.1, 0.15) is 29.3 Å². The highest BCUT2D eigenvalue weighted by Crippen LogP contribution is 2.31. The van der Waals surface area contributed by atoms with E-state index < -0.39 is 11.4 Å². The molecule has 0 saturated carbocycles. The van der Waals surface area contributed by atoms with Crippen molar-refractivity contribution in [3.05, 3.63) is 34.3 Å². The lowest BCUT2D eigenvalue weighted by Gasteiger charge is -2.20. The van der Waals surface area contributed by atoms with Crippen molar-refractivity contribution in [1.29, 1.82) is 0 Å². The highest BCUT2D eigenvalue weighted by Gasteiger charge is 2.42. The number of hydrogen-bond donors (Lipinski definition) is 1. The van der Waals surface area contributed by atoms with Gasteiger partial charge in [0.1, 0.15) is 0 Å². The lowest BCUT2D eigenvalue weighted by atomic mass is 9.90. The third kappa shape index (κ3) is 2.59. The fourth-order valence-corrected chi connectivity index (χ4v) is 2.40. The van der Waals surface area contributed by atoms with Crippen molar-refractivity contribution >= 4 is 23.5 Å². The van der Waals surface area contributed by atoms with E-state index in [4.69, 9.17) is 16.7 Å². The molecule has 102 valence electrons. The van der Waals surface area contributed by atoms with Gasteiger partial charge >= 0.3 is 5.97 Å². The molecule has 19 heavy (non-hydrogen) atoms. The number of likely N-dealkylation sites (tertiary alicyclic amines) is 1. The zero-order chi connectivity index (χ0) is 14.2. The summed E-state index contributed by atoms with van der Waals surface area (Å²) in [7, 11) is 0. The van der Waals surface area contributed by atoms with Crippen LogP contribution in [0, 0.1) is 12.3 Å². The minimum atomic E-state index is -0.857. The summed E-state index contributed by atoms with van der Waals surface area (Å²) in [5.41, 5.74) is 0.574. The Kier molecular flexibility index (Phi) is 3.54. The number of rotatable bonds is 2. The minimum Gasteiger partial charge on any atom is -0.481 e. The highest BCUT2D eigenvalue weighted by atomic mass is 35.5. The standard InChI is InChI=1S/C14H16ClNO3/c1-9-3-4-10(7-11(9)15)12(17)16-6-5-14(2,8-16)13(18)19/h3-4,7H,5-6,8H2,1-2H3,(H,18,19)/t14-/m1/s1. The lowest BCUT2D eigenvalue weighted by Crippen LogP contribution is -2.34. The molecule has 1 N–H and O–H groups in total. The van der Waals surface area contributed by atoms with E-state index in [0.717, 1.165) is 5.56 Å². The SMILES string of the molecule is Cc1ccc(C(=O)N2CC[C@@](C)(C(=O)O)C2)cc1Cl. The first-order chi connectivity index (χ1) is 8.83. The van der Waals surface area contributed by atoms with Gasteiger partial charge in [-0.2, -0.15) is 0 Å². The molecule has 1 aromatic rings. The van der Waals surface area contributed by atoms with Crippen LogP contribution in [0.2, 0.25) is 5.02 Å². The lowest BCUT2D eigenvalue weighted by molar-refractivity contribution is -0.147. The van der Waals surface area contributed by atoms with Gasteiger partial charge in [0.05, 0.1) is 5.41 Å². The van der Waals surface area contributed by atoms with E-state index >= 15 is 0 Å². The van der Waals surface area contributed by atoms with Crippen LogP contribution in [-0.4, -0.2) is 35.0 Å². The first-order valence-electron chi connectivity index (χ1n) is 6.12. The molecule has 1 heterocycles. The number of carbonyl (C=O) groups excluding carboxylic acids is 1. The first-order valence-corrected chi connectivity index (χ1v) is 6.50. The van der Waals surface area contributed by atoms with Crippen LogP contribution < -0.4 is 0 Å². The average molecular weight is 282 g/mol. The second-order valence-electron chi connectivity index (χ2n) is 5.31. The van der Waals surface area contributed by atoms with E-state index in [1.807, 2.05) is 6.92 Å². The fraction of sp³-hybridized carbons (Fsp3) is 0.429. The predicted molar refractivity (Wildman–Crippen MR) is 72.5 cm³/mol. The molecule has 0 radical (unpaired) electrons. The molecule has 0 aromatic heterocycles. The van der Waals surface area contributed by atoms with Gasteiger partial charge in [0, 0.05) is 23.7 Å². The summed E-state index contributed by atoms with van der Waals surface area (Å²) in [6.45, 7) is 4.25. The van der Waals surface area contributed by atoms with Crippen LogP contribution in [0.25, 0.3) is 0 Å². The summed E-state index contributed by atoms with van der Waals surface area (Å²) in [4.78, 5) is 25.0. The number of benzene rings is 1. The van der Waals surface area contributed by atoms with Gasteiger partial charge in [0.2, 0.25) is 0 Å². The topological polar surface area (TPSA) is 57.6 Å². The average Bonchev–Trinajstić information content (AvgIpc) is 2.76. The molecule has 0 spiro atoms. The zero-order valence-electron chi connectivity index (χ0n) is 10.9. The van der Waals surface area contributed by atoms with Crippen LogP contribution in [0.4, 0.5) is 0 Å². The minimum absolute atomic E-state index is 0.160. The summed E-state index contributed by atoms with van der Waals surface area (Å²) < 4.78 is 0. The molecule has 1 atom stereocenters. The van der Waals surface area contributed by atoms with Gasteiger partial charge < -0.3 is 10.0 Å². The summed E-state index contributed by atoms with van der Waals surface area (Å²) in [5.74, 6) is -1.02. The number of aryl methyl sites for hydroxylation is 1. The fourth-order valence-electron chi connectivity index (χ4n) is 2.22. The number of halogens is 1. The number of hydrogen-bond acceptors (Lipinski definition) is 2. The molecule has 0 bridgehead atoms. The largest absolute Gasteiger partial charge is 0.481 e. The van der Waals surface area contributed by atoms with Gasteiger partial charge in [-0.3, -0.25) is 9.59 Å². The van der Waals surface area contributed by atoms with E-state index in [1.54, 1.807) is 30.0 Å². The summed E-state index contributed by atoms with van der Waals surface area (Å²) >= 11 is 6.01. The van der Waals surface area contributed by atoms with Crippen molar-refractivity contribution in [3.8, 4) is 0 Å². The Balaban J connectivity index is 2.18. The first kappa shape index (κ1) is 13.9. The third-order valence-corrected chi connectivity index (χ3v) is 4.10. The van der Waals surface area contributed by atoms with Crippen molar-refractivity contribution < 1.29 is 14.7 Å². The second kappa shape index (κ2) is 4.85. The summed E-state index contributed by atoms with van der Waals surface area (Å²) in [6, 6.07) is 5.15. The van der Waals surface area contributed by atoms with Crippen molar-refractivity contribution in [2.45, 2.75) is 20.3 Å². The van der Waals surface area contributed by atoms with Crippen LogP contribution in [0.15, 0.2) is 18.2 Å². The van der Waals surface area contributed by atoms with Gasteiger partial charge in [-0.25, -0.2) is 0 Å². The van der Waals surface area contributed by atoms with Gasteiger partial charge in [-0.05, 0) is 38.0 Å². The van der Waals surface area contributed by atoms with Crippen molar-refractivity contribution in [2.24, 2.45) is 5.41 Å². The van der Waals surface area contributed by atoms with Gasteiger partial charge in [-0.1, -0.05) is 17.7 Å². The van der Waals surface area contributed by atoms with Crippen LogP contribution in [0.5, 0.6) is 0 Å². The smallest absolute Gasteiger partial charge is 0.311 e. The second-order valence-corrected chi connectivity index (χ2v) is 5.71. The maximum atomic E-state index is 12.3. The molecule has 1 aliphatic rings. The van der Waals surface area contributed by atoms with Crippen LogP contribution in [-0.2, 0) is 4.79 Å². The predicted octanol–water partition coefficient (Wildman–Crippen LogP) is 2.59. The Hall–Kier alpha value is -1.55. The monoisotopic (exact) mass is 281 g/mol. The molecule has 5 heteroatoms. The Bertz CT molecular complexity index is 543. The number of amides is 1. The van der Waals surface area contributed by atoms with Gasteiger partial charge in [-0.15, -0.1) is 0 Å². The van der Waals surface area contributed by atoms with E-state index in [2.05, 4.69) is 0 Å². The number of carboxylic acid groups (broad SMARTS) is 1. The molecule has 1 fully saturated rings. The molecular formula is C14H16ClNO3. The van der Waals surface area contributed by atoms with Gasteiger partial charge in [0.25, 0.3) is 5.91 Å². The maximum Gasteiger partial charge on any atom is 0.311 e. The molecule has 0 unspecified atom stereocenters. The molecule has 1 aliphatic heterocycles. The molecule has 1 amide bonds. The normalized spacial score (nSPS) is 22.6. The van der Waals surface area contributed by atoms with Gasteiger partial charge in [0.15, 0.2) is 0 Å². The number of carboxylic acids is 1. The maximum absolute atomic E-state index is 12.3. The summed E-state index contributed by atoms with van der Waals surface area (Å²) in [6.07, 6.45) is 0.480. The van der Waals surface area contributed by atoms with E-state index in [0.29, 0.717) is 23.6 Å². The van der Waals surface area contributed by atoms with Crippen molar-refractivity contribution in [2.75, 3.05) is 13.1 Å². The van der Waals surface area contributed by atoms with E-state index in [-0.39, 0.29) is 12.5 Å². The number of nitrogens with zero attached hydrogens (tertiary/aromatic N) is 1. The Morgan fingerprint density at radius 1 is 1.42 bits per heavy atom. The van der Waals surface area contributed by atoms with Crippen molar-refractivity contribution in [3.63, 3.8) is 0 Å². The van der Waals surface area contributed by atoms with Crippen LogP contribution in [0.3, 0.4) is 0 Å². The zero-order valence-corrected chi connectivity index (χ0v) is 11.7. The molecule has 4 nitrogen and oxygen atoms in total. The van der Waals surface area contributed by atoms with Crippen LogP contribution >= 0.6 is 11.6 Å². The highest BCUT2D eigenvalue weighted by molar-refractivity contribution is 6.31. The third-order valence-electron chi connectivity index (χ3n) is 3.70. The summed E-state index contributed by atoms with van der Waals surface area (Å²) in [5, 5.41) is 9.71. The molecule has 2 rings (SSSR count). The van der Waals surface area contributed by atoms with E-state index in [1.165, 1.54) is 0 Å². The Morgan fingerprint density at radius 3 is 2.63 bits per heavy atom. The quantitative estimate of drug-likeness (QED) is 0.906.